The minimum absolute atomic E-state index is 0.141. The van der Waals surface area contributed by atoms with Crippen LogP contribution >= 0.6 is 0 Å². The fourth-order valence-electron chi connectivity index (χ4n) is 0.713. The molecule has 4 N–H and O–H groups in total. The van der Waals surface area contributed by atoms with Gasteiger partial charge in [0.15, 0.2) is 0 Å². The molecule has 0 aliphatic rings. The largest absolute Gasteiger partial charge is 0.382 e. The van der Waals surface area contributed by atoms with Crippen LogP contribution in [0, 0.1) is 0 Å². The first-order valence-corrected chi connectivity index (χ1v) is 2.75. The van der Waals surface area contributed by atoms with E-state index in [1.54, 1.807) is 0 Å². The van der Waals surface area contributed by atoms with Crippen molar-refractivity contribution in [2.24, 2.45) is 0 Å². The molecule has 11 heavy (non-hydrogen) atoms. The van der Waals surface area contributed by atoms with E-state index in [-0.39, 0.29) is 11.2 Å². The lowest BCUT2D eigenvalue weighted by atomic mass is 10.6. The first kappa shape index (κ1) is 5.77. The average molecular weight is 154 g/mol. The Balaban J connectivity index is 3.05. The quantitative estimate of drug-likeness (QED) is 0.393. The number of nitrogens with one attached hydrogen (secondary N) is 2. The Morgan fingerprint density at radius 2 is 2.36 bits per heavy atom. The van der Waals surface area contributed by atoms with Gasteiger partial charge in [-0.3, -0.25) is 5.84 Å². The van der Waals surface area contributed by atoms with Gasteiger partial charge in [0.1, 0.15) is 0 Å². The van der Waals surface area contributed by atoms with Crippen LogP contribution in [-0.2, 0) is 0 Å². The third-order valence-corrected chi connectivity index (χ3v) is 1.22. The molecule has 0 fully saturated rings. The highest BCUT2D eigenvalue weighted by Crippen LogP contribution is 1.86. The number of nitrogen functional groups attached to an aromatic ring is 1. The van der Waals surface area contributed by atoms with Crippen molar-refractivity contribution in [2.75, 3.05) is 5.84 Å². The Morgan fingerprint density at radius 3 is 3.18 bits per heavy atom. The van der Waals surface area contributed by atoms with Crippen molar-refractivity contribution < 1.29 is 5.10 Å². The van der Waals surface area contributed by atoms with Crippen LogP contribution in [0.3, 0.4) is 0 Å². The maximum atomic E-state index is 11.0. The second-order valence-corrected chi connectivity index (χ2v) is 1.88. The van der Waals surface area contributed by atoms with Crippen molar-refractivity contribution in [1.29, 1.82) is 0 Å². The molecule has 2 aromatic rings. The Labute approximate surface area is 59.0 Å². The standard InChI is InChI=1S/C3H3N7O/c4-10-3(11)1-2(7-9-10)6-8-5-1/h4H2,(H,5,6,8)/p+1. The Hall–Kier alpha value is -1.99. The SMILES string of the molecule is Nn1n[nH+]c2n[nH]nc2c1=O. The van der Waals surface area contributed by atoms with Crippen molar-refractivity contribution >= 4 is 11.2 Å². The lowest BCUT2D eigenvalue weighted by Gasteiger charge is -1.82. The lowest BCUT2D eigenvalue weighted by molar-refractivity contribution is -0.440. The van der Waals surface area contributed by atoms with Crippen molar-refractivity contribution in [1.82, 2.24) is 25.4 Å². The van der Waals surface area contributed by atoms with Gasteiger partial charge in [-0.15, -0.1) is 15.4 Å². The molecule has 0 aromatic carbocycles. The van der Waals surface area contributed by atoms with Gasteiger partial charge in [-0.25, -0.2) is 4.79 Å². The highest BCUT2D eigenvalue weighted by molar-refractivity contribution is 5.62. The molecule has 0 radical (unpaired) electrons. The van der Waals surface area contributed by atoms with Crippen molar-refractivity contribution in [3.63, 3.8) is 0 Å². The molecule has 0 saturated carbocycles. The summed E-state index contributed by atoms with van der Waals surface area (Å²) in [5.74, 6) is 5.13. The van der Waals surface area contributed by atoms with E-state index < -0.39 is 5.56 Å². The van der Waals surface area contributed by atoms with Gasteiger partial charge in [0.2, 0.25) is 0 Å². The Kier molecular flexibility index (Phi) is 0.916. The average Bonchev–Trinajstić information content (AvgIpc) is 2.45. The van der Waals surface area contributed by atoms with Crippen LogP contribution in [0.15, 0.2) is 4.79 Å². The van der Waals surface area contributed by atoms with Gasteiger partial charge in [-0.05, 0) is 4.79 Å². The normalized spacial score (nSPS) is 10.5. The zero-order valence-corrected chi connectivity index (χ0v) is 5.27. The summed E-state index contributed by atoms with van der Waals surface area (Å²) in [5, 5.41) is 15.3. The minimum Gasteiger partial charge on any atom is -0.269 e. The summed E-state index contributed by atoms with van der Waals surface area (Å²) in [6, 6.07) is 0. The summed E-state index contributed by atoms with van der Waals surface area (Å²) in [6.07, 6.45) is 0. The molecule has 0 unspecified atom stereocenters. The number of hydrogen-bond acceptors (Lipinski definition) is 5. The summed E-state index contributed by atoms with van der Waals surface area (Å²) in [6.45, 7) is 0. The molecule has 2 rings (SSSR count). The molecule has 56 valence electrons. The lowest BCUT2D eigenvalue weighted by Crippen LogP contribution is -2.36. The fraction of sp³-hybridized carbons (Fsp3) is 0. The molecule has 0 spiro atoms. The number of rotatable bonds is 0. The van der Waals surface area contributed by atoms with Gasteiger partial charge < -0.3 is 0 Å². The van der Waals surface area contributed by atoms with E-state index in [1.807, 2.05) is 0 Å². The monoisotopic (exact) mass is 154 g/mol. The van der Waals surface area contributed by atoms with Gasteiger partial charge >= 0.3 is 11.2 Å². The zero-order valence-electron chi connectivity index (χ0n) is 5.27. The highest BCUT2D eigenvalue weighted by Gasteiger charge is 2.12. The second kappa shape index (κ2) is 1.75. The fourth-order valence-corrected chi connectivity index (χ4v) is 0.713. The first-order chi connectivity index (χ1) is 5.29. The van der Waals surface area contributed by atoms with Crippen LogP contribution in [0.1, 0.15) is 0 Å². The Bertz CT molecular complexity index is 440. The van der Waals surface area contributed by atoms with Crippen LogP contribution in [-0.4, -0.2) is 25.4 Å². The maximum Gasteiger partial charge on any atom is 0.382 e. The number of hydrogen-bond donors (Lipinski definition) is 2. The van der Waals surface area contributed by atoms with Gasteiger partial charge in [0, 0.05) is 5.10 Å². The summed E-state index contributed by atoms with van der Waals surface area (Å²) in [5.41, 5.74) is -0.0632. The molecule has 0 aliphatic heterocycles. The van der Waals surface area contributed by atoms with Crippen molar-refractivity contribution in [3.8, 4) is 0 Å². The third-order valence-electron chi connectivity index (χ3n) is 1.22. The molecular formula is C3H4N7O+. The molecular weight excluding hydrogens is 150 g/mol. The molecule has 0 amide bonds. The van der Waals surface area contributed by atoms with E-state index in [1.165, 1.54) is 0 Å². The number of H-pyrrole nitrogens is 2. The Morgan fingerprint density at radius 1 is 1.55 bits per heavy atom. The summed E-state index contributed by atoms with van der Waals surface area (Å²) in [7, 11) is 0. The van der Waals surface area contributed by atoms with Crippen LogP contribution in [0.5, 0.6) is 0 Å². The number of aromatic nitrogens is 6. The van der Waals surface area contributed by atoms with E-state index in [0.717, 1.165) is 0 Å². The number of aromatic amines is 2. The zero-order chi connectivity index (χ0) is 7.84. The number of fused-ring (bicyclic) bond motifs is 1. The molecule has 0 aliphatic carbocycles. The van der Waals surface area contributed by atoms with E-state index >= 15 is 0 Å². The molecule has 2 aromatic heterocycles. The summed E-state index contributed by atoms with van der Waals surface area (Å²) in [4.78, 5) is 11.7. The smallest absolute Gasteiger partial charge is 0.269 e. The predicted molar refractivity (Wildman–Crippen MR) is 32.6 cm³/mol. The van der Waals surface area contributed by atoms with Gasteiger partial charge in [-0.1, -0.05) is 0 Å². The summed E-state index contributed by atoms with van der Waals surface area (Å²) < 4.78 is 0. The number of nitrogens with zero attached hydrogens (tertiary/aromatic N) is 4. The molecule has 0 bridgehead atoms. The van der Waals surface area contributed by atoms with Crippen molar-refractivity contribution in [2.45, 2.75) is 0 Å². The van der Waals surface area contributed by atoms with E-state index in [4.69, 9.17) is 5.84 Å². The molecule has 0 saturated heterocycles. The highest BCUT2D eigenvalue weighted by atomic mass is 16.1. The molecule has 8 nitrogen and oxygen atoms in total. The molecule has 2 heterocycles. The van der Waals surface area contributed by atoms with Crippen LogP contribution in [0.25, 0.3) is 11.2 Å². The van der Waals surface area contributed by atoms with E-state index in [0.29, 0.717) is 4.79 Å². The minimum atomic E-state index is -0.493. The maximum absolute atomic E-state index is 11.0. The second-order valence-electron chi connectivity index (χ2n) is 1.88. The number of nitrogens with two attached hydrogens (primary N) is 1. The molecule has 0 atom stereocenters. The summed E-state index contributed by atoms with van der Waals surface area (Å²) >= 11 is 0. The van der Waals surface area contributed by atoms with Crippen LogP contribution < -0.4 is 16.5 Å². The van der Waals surface area contributed by atoms with Gasteiger partial charge in [-0.2, -0.15) is 0 Å². The van der Waals surface area contributed by atoms with Gasteiger partial charge in [0.05, 0.1) is 5.21 Å². The third kappa shape index (κ3) is 0.655. The van der Waals surface area contributed by atoms with Gasteiger partial charge in [0.25, 0.3) is 5.52 Å². The van der Waals surface area contributed by atoms with Crippen LogP contribution in [0.2, 0.25) is 0 Å². The topological polar surface area (TPSA) is 117 Å². The first-order valence-electron chi connectivity index (χ1n) is 2.75. The van der Waals surface area contributed by atoms with E-state index in [2.05, 4.69) is 25.7 Å². The molecule has 8 heteroatoms. The van der Waals surface area contributed by atoms with E-state index in [9.17, 15) is 4.79 Å². The van der Waals surface area contributed by atoms with Crippen LogP contribution in [0.4, 0.5) is 0 Å². The van der Waals surface area contributed by atoms with Crippen molar-refractivity contribution in [3.05, 3.63) is 10.4 Å². The predicted octanol–water partition coefficient (Wildman–Crippen LogP) is -2.96.